The van der Waals surface area contributed by atoms with E-state index in [1.807, 2.05) is 6.07 Å². The predicted octanol–water partition coefficient (Wildman–Crippen LogP) is 1.37. The van der Waals surface area contributed by atoms with Gasteiger partial charge < -0.3 is 30.3 Å². The lowest BCUT2D eigenvalue weighted by Crippen LogP contribution is -2.44. The van der Waals surface area contributed by atoms with Crippen LogP contribution < -0.4 is 10.6 Å². The number of ether oxygens (including phenoxy) is 2. The minimum atomic E-state index is -1.52. The van der Waals surface area contributed by atoms with Crippen molar-refractivity contribution in [2.75, 3.05) is 6.54 Å². The van der Waals surface area contributed by atoms with Gasteiger partial charge in [0, 0.05) is 6.54 Å². The Morgan fingerprint density at radius 3 is 1.91 bits per heavy atom. The SMILES string of the molecule is O=C(C[C@H](O)CNC(=O)OCc1ccccc1)N[C@H](CC(=O)OCc1ccccc1)C(=O)O. The maximum atomic E-state index is 12.1. The highest BCUT2D eigenvalue weighted by Gasteiger charge is 2.25. The smallest absolute Gasteiger partial charge is 0.407 e. The van der Waals surface area contributed by atoms with Crippen LogP contribution in [0.25, 0.3) is 0 Å². The van der Waals surface area contributed by atoms with Gasteiger partial charge in [-0.05, 0) is 11.1 Å². The molecule has 0 heterocycles. The summed E-state index contributed by atoms with van der Waals surface area (Å²) in [5, 5.41) is 23.7. The monoisotopic (exact) mass is 458 g/mol. The van der Waals surface area contributed by atoms with Crippen molar-refractivity contribution in [1.82, 2.24) is 10.6 Å². The van der Waals surface area contributed by atoms with Crippen LogP contribution in [0.15, 0.2) is 60.7 Å². The standard InChI is InChI=1S/C23H26N2O8/c26-18(13-24-23(31)33-15-17-9-5-2-6-10-17)11-20(27)25-19(22(29)30)12-21(28)32-14-16-7-3-1-4-8-16/h1-10,18-19,26H,11-15H2,(H,24,31)(H,25,27)(H,29,30)/t18-,19+/m0/s1. The lowest BCUT2D eigenvalue weighted by molar-refractivity contribution is -0.151. The molecule has 0 unspecified atom stereocenters. The Hall–Kier alpha value is -3.92. The molecule has 2 aromatic carbocycles. The topological polar surface area (TPSA) is 151 Å². The molecule has 4 N–H and O–H groups in total. The predicted molar refractivity (Wildman–Crippen MR) is 116 cm³/mol. The second kappa shape index (κ2) is 13.5. The second-order valence-electron chi connectivity index (χ2n) is 7.11. The van der Waals surface area contributed by atoms with E-state index in [9.17, 15) is 29.4 Å². The fraction of sp³-hybridized carbons (Fsp3) is 0.304. The number of rotatable bonds is 12. The molecule has 0 radical (unpaired) electrons. The number of aliphatic hydroxyl groups excluding tert-OH is 1. The van der Waals surface area contributed by atoms with Crippen LogP contribution in [0.5, 0.6) is 0 Å². The maximum absolute atomic E-state index is 12.1. The van der Waals surface area contributed by atoms with Gasteiger partial charge in [-0.15, -0.1) is 0 Å². The maximum Gasteiger partial charge on any atom is 0.407 e. The van der Waals surface area contributed by atoms with E-state index in [-0.39, 0.29) is 19.8 Å². The molecule has 2 rings (SSSR count). The zero-order valence-electron chi connectivity index (χ0n) is 17.8. The molecule has 0 aliphatic carbocycles. The Balaban J connectivity index is 1.69. The fourth-order valence-electron chi connectivity index (χ4n) is 2.68. The summed E-state index contributed by atoms with van der Waals surface area (Å²) in [5.74, 6) is -3.02. The van der Waals surface area contributed by atoms with Gasteiger partial charge in [0.05, 0.1) is 18.9 Å². The summed E-state index contributed by atoms with van der Waals surface area (Å²) in [7, 11) is 0. The average molecular weight is 458 g/mol. The number of carbonyl (C=O) groups is 4. The van der Waals surface area contributed by atoms with Crippen molar-refractivity contribution in [3.05, 3.63) is 71.8 Å². The van der Waals surface area contributed by atoms with E-state index in [1.54, 1.807) is 54.6 Å². The van der Waals surface area contributed by atoms with Gasteiger partial charge in [0.1, 0.15) is 19.3 Å². The first-order valence-electron chi connectivity index (χ1n) is 10.2. The van der Waals surface area contributed by atoms with Crippen LogP contribution in [0.4, 0.5) is 4.79 Å². The molecule has 2 amide bonds. The summed E-state index contributed by atoms with van der Waals surface area (Å²) < 4.78 is 10.0. The Labute approximate surface area is 190 Å². The Bertz CT molecular complexity index is 921. The summed E-state index contributed by atoms with van der Waals surface area (Å²) in [6.07, 6.45) is -3.12. The third-order valence-corrected chi connectivity index (χ3v) is 4.36. The van der Waals surface area contributed by atoms with Crippen molar-refractivity contribution in [1.29, 1.82) is 0 Å². The van der Waals surface area contributed by atoms with E-state index >= 15 is 0 Å². The minimum absolute atomic E-state index is 0.0231. The number of hydrogen-bond donors (Lipinski definition) is 4. The molecule has 2 aromatic rings. The van der Waals surface area contributed by atoms with E-state index < -0.39 is 48.9 Å². The van der Waals surface area contributed by atoms with Crippen LogP contribution in [0, 0.1) is 0 Å². The molecular weight excluding hydrogens is 432 g/mol. The van der Waals surface area contributed by atoms with Crippen molar-refractivity contribution in [3.8, 4) is 0 Å². The number of alkyl carbamates (subject to hydrolysis) is 1. The first-order chi connectivity index (χ1) is 15.8. The Morgan fingerprint density at radius 2 is 1.36 bits per heavy atom. The van der Waals surface area contributed by atoms with Crippen molar-refractivity contribution < 1.29 is 38.9 Å². The molecule has 0 fully saturated rings. The molecule has 0 aliphatic heterocycles. The Morgan fingerprint density at radius 1 is 0.818 bits per heavy atom. The first-order valence-corrected chi connectivity index (χ1v) is 10.2. The largest absolute Gasteiger partial charge is 0.480 e. The molecule has 10 nitrogen and oxygen atoms in total. The summed E-state index contributed by atoms with van der Waals surface area (Å²) >= 11 is 0. The molecule has 0 aliphatic rings. The van der Waals surface area contributed by atoms with Gasteiger partial charge in [-0.25, -0.2) is 9.59 Å². The zero-order valence-corrected chi connectivity index (χ0v) is 17.8. The highest BCUT2D eigenvalue weighted by Crippen LogP contribution is 2.04. The lowest BCUT2D eigenvalue weighted by atomic mass is 10.1. The van der Waals surface area contributed by atoms with Gasteiger partial charge in [0.25, 0.3) is 0 Å². The number of esters is 1. The molecule has 2 atom stereocenters. The third-order valence-electron chi connectivity index (χ3n) is 4.36. The quantitative estimate of drug-likeness (QED) is 0.348. The molecule has 0 bridgehead atoms. The van der Waals surface area contributed by atoms with Crippen LogP contribution in [0.1, 0.15) is 24.0 Å². The number of carboxylic acids is 1. The number of aliphatic hydroxyl groups is 1. The summed E-state index contributed by atoms with van der Waals surface area (Å²) in [6.45, 7) is -0.257. The summed E-state index contributed by atoms with van der Waals surface area (Å²) in [5.41, 5.74) is 1.52. The number of nitrogens with one attached hydrogen (secondary N) is 2. The highest BCUT2D eigenvalue weighted by atomic mass is 16.5. The molecule has 0 saturated carbocycles. The molecule has 0 aromatic heterocycles. The molecule has 0 spiro atoms. The van der Waals surface area contributed by atoms with Crippen molar-refractivity contribution in [2.45, 2.75) is 38.2 Å². The van der Waals surface area contributed by atoms with E-state index in [0.717, 1.165) is 11.1 Å². The van der Waals surface area contributed by atoms with Crippen LogP contribution in [0.2, 0.25) is 0 Å². The first kappa shape index (κ1) is 25.3. The van der Waals surface area contributed by atoms with Crippen LogP contribution in [0.3, 0.4) is 0 Å². The second-order valence-corrected chi connectivity index (χ2v) is 7.11. The van der Waals surface area contributed by atoms with Crippen LogP contribution in [-0.4, -0.2) is 52.8 Å². The molecule has 176 valence electrons. The fourth-order valence-corrected chi connectivity index (χ4v) is 2.68. The van der Waals surface area contributed by atoms with E-state index in [4.69, 9.17) is 9.47 Å². The molecule has 10 heteroatoms. The average Bonchev–Trinajstić information content (AvgIpc) is 2.81. The van der Waals surface area contributed by atoms with Crippen molar-refractivity contribution in [3.63, 3.8) is 0 Å². The number of aliphatic carboxylic acids is 1. The van der Waals surface area contributed by atoms with Gasteiger partial charge in [-0.3, -0.25) is 9.59 Å². The zero-order chi connectivity index (χ0) is 24.1. The van der Waals surface area contributed by atoms with Gasteiger partial charge in [0.2, 0.25) is 5.91 Å². The van der Waals surface area contributed by atoms with Crippen LogP contribution >= 0.6 is 0 Å². The third kappa shape index (κ3) is 10.3. The van der Waals surface area contributed by atoms with Crippen LogP contribution in [-0.2, 0) is 37.1 Å². The van der Waals surface area contributed by atoms with E-state index in [0.29, 0.717) is 0 Å². The van der Waals surface area contributed by atoms with Gasteiger partial charge >= 0.3 is 18.0 Å². The molecular formula is C23H26N2O8. The number of benzene rings is 2. The van der Waals surface area contributed by atoms with E-state index in [1.165, 1.54) is 0 Å². The molecule has 0 saturated heterocycles. The lowest BCUT2D eigenvalue weighted by Gasteiger charge is -2.16. The Kier molecular flexibility index (Phi) is 10.4. The van der Waals surface area contributed by atoms with Crippen molar-refractivity contribution in [2.24, 2.45) is 0 Å². The van der Waals surface area contributed by atoms with Gasteiger partial charge in [-0.1, -0.05) is 60.7 Å². The minimum Gasteiger partial charge on any atom is -0.480 e. The van der Waals surface area contributed by atoms with Crippen molar-refractivity contribution >= 4 is 23.9 Å². The molecule has 33 heavy (non-hydrogen) atoms. The number of hydrogen-bond acceptors (Lipinski definition) is 7. The van der Waals surface area contributed by atoms with Gasteiger partial charge in [0.15, 0.2) is 0 Å². The normalized spacial score (nSPS) is 12.2. The summed E-state index contributed by atoms with van der Waals surface area (Å²) in [6, 6.07) is 16.3. The highest BCUT2D eigenvalue weighted by molar-refractivity contribution is 5.87. The summed E-state index contributed by atoms with van der Waals surface area (Å²) in [4.78, 5) is 47.0. The number of carbonyl (C=O) groups excluding carboxylic acids is 3. The van der Waals surface area contributed by atoms with Gasteiger partial charge in [-0.2, -0.15) is 0 Å². The number of amides is 2. The van der Waals surface area contributed by atoms with E-state index in [2.05, 4.69) is 10.6 Å². The number of carboxylic acid groups (broad SMARTS) is 1.